The summed E-state index contributed by atoms with van der Waals surface area (Å²) in [5, 5.41) is 0. The molecule has 0 aliphatic carbocycles. The van der Waals surface area contributed by atoms with E-state index in [4.69, 9.17) is 27.4 Å². The van der Waals surface area contributed by atoms with Crippen molar-refractivity contribution in [2.75, 3.05) is 20.3 Å². The Balaban J connectivity index is 2.86. The van der Waals surface area contributed by atoms with Crippen LogP contribution in [0.15, 0.2) is 18.2 Å². The minimum absolute atomic E-state index is 0.0134. The maximum atomic E-state index is 13.3. The molecule has 0 aromatic heterocycles. The van der Waals surface area contributed by atoms with E-state index in [2.05, 4.69) is 0 Å². The van der Waals surface area contributed by atoms with Gasteiger partial charge in [-0.1, -0.05) is 18.3 Å². The van der Waals surface area contributed by atoms with E-state index >= 15 is 0 Å². The van der Waals surface area contributed by atoms with E-state index in [1.54, 1.807) is 19.2 Å². The molecule has 1 aromatic carbocycles. The molecule has 0 radical (unpaired) electrons. The summed E-state index contributed by atoms with van der Waals surface area (Å²) in [6, 6.07) is 4.45. The summed E-state index contributed by atoms with van der Waals surface area (Å²) >= 11 is 4.74. The van der Waals surface area contributed by atoms with Crippen molar-refractivity contribution in [1.29, 1.82) is 0 Å². The number of hydrogen-bond acceptors (Lipinski definition) is 3. The molecule has 0 saturated heterocycles. The Morgan fingerprint density at radius 2 is 2.20 bits per heavy atom. The van der Waals surface area contributed by atoms with Crippen LogP contribution >= 0.6 is 12.2 Å². The van der Waals surface area contributed by atoms with Gasteiger partial charge in [0, 0.05) is 7.11 Å². The van der Waals surface area contributed by atoms with Crippen molar-refractivity contribution >= 4 is 17.2 Å². The Morgan fingerprint density at radius 3 is 2.80 bits per heavy atom. The van der Waals surface area contributed by atoms with Gasteiger partial charge in [0.25, 0.3) is 0 Å². The summed E-state index contributed by atoms with van der Waals surface area (Å²) in [5.41, 5.74) is 5.54. The monoisotopic (exact) mass is 229 g/mol. The molecule has 0 aliphatic heterocycles. The van der Waals surface area contributed by atoms with E-state index < -0.39 is 5.82 Å². The predicted molar refractivity (Wildman–Crippen MR) is 59.7 cm³/mol. The van der Waals surface area contributed by atoms with Crippen LogP contribution in [-0.4, -0.2) is 25.3 Å². The molecule has 0 saturated carbocycles. The van der Waals surface area contributed by atoms with E-state index in [-0.39, 0.29) is 10.6 Å². The molecule has 0 unspecified atom stereocenters. The van der Waals surface area contributed by atoms with Crippen molar-refractivity contribution in [2.24, 2.45) is 5.73 Å². The molecule has 0 amide bonds. The van der Waals surface area contributed by atoms with Gasteiger partial charge in [-0.25, -0.2) is 4.39 Å². The van der Waals surface area contributed by atoms with Gasteiger partial charge < -0.3 is 15.2 Å². The number of ether oxygens (including phenoxy) is 2. The predicted octanol–water partition coefficient (Wildman–Crippen LogP) is 1.49. The number of methoxy groups -OCH3 is 1. The third-order valence-corrected chi connectivity index (χ3v) is 1.97. The molecule has 0 fully saturated rings. The molecule has 0 bridgehead atoms. The number of halogens is 1. The van der Waals surface area contributed by atoms with Gasteiger partial charge in [-0.2, -0.15) is 0 Å². The van der Waals surface area contributed by atoms with Crippen LogP contribution in [0.5, 0.6) is 5.75 Å². The fraction of sp³-hybridized carbons (Fsp3) is 0.300. The van der Waals surface area contributed by atoms with Crippen LogP contribution in [0.2, 0.25) is 0 Å². The lowest BCUT2D eigenvalue weighted by Gasteiger charge is -2.10. The first-order valence-corrected chi connectivity index (χ1v) is 4.77. The Kier molecular flexibility index (Phi) is 4.45. The Bertz CT molecular complexity index is 357. The molecule has 1 rings (SSSR count). The first kappa shape index (κ1) is 11.9. The van der Waals surface area contributed by atoms with E-state index in [0.29, 0.717) is 19.0 Å². The highest BCUT2D eigenvalue weighted by atomic mass is 32.1. The van der Waals surface area contributed by atoms with Gasteiger partial charge >= 0.3 is 0 Å². The zero-order valence-electron chi connectivity index (χ0n) is 8.33. The molecular formula is C10H12FNO2S. The lowest BCUT2D eigenvalue weighted by atomic mass is 10.2. The minimum Gasteiger partial charge on any atom is -0.490 e. The van der Waals surface area contributed by atoms with Gasteiger partial charge in [0.15, 0.2) is 0 Å². The van der Waals surface area contributed by atoms with Crippen LogP contribution < -0.4 is 10.5 Å². The van der Waals surface area contributed by atoms with Gasteiger partial charge in [0.1, 0.15) is 23.2 Å². The second kappa shape index (κ2) is 5.63. The summed E-state index contributed by atoms with van der Waals surface area (Å²) in [7, 11) is 1.56. The van der Waals surface area contributed by atoms with Crippen LogP contribution in [-0.2, 0) is 4.74 Å². The summed E-state index contributed by atoms with van der Waals surface area (Å²) in [4.78, 5) is -0.0134. The second-order valence-electron chi connectivity index (χ2n) is 2.82. The summed E-state index contributed by atoms with van der Waals surface area (Å²) < 4.78 is 23.4. The molecule has 5 heteroatoms. The van der Waals surface area contributed by atoms with Crippen molar-refractivity contribution < 1.29 is 13.9 Å². The second-order valence-corrected chi connectivity index (χ2v) is 3.26. The Labute approximate surface area is 93.0 Å². The van der Waals surface area contributed by atoms with Crippen LogP contribution in [0.25, 0.3) is 0 Å². The highest BCUT2D eigenvalue weighted by Crippen LogP contribution is 2.21. The molecule has 0 spiro atoms. The fourth-order valence-corrected chi connectivity index (χ4v) is 1.30. The number of benzene rings is 1. The number of rotatable bonds is 5. The maximum absolute atomic E-state index is 13.3. The lowest BCUT2D eigenvalue weighted by molar-refractivity contribution is 0.146. The van der Waals surface area contributed by atoms with Crippen molar-refractivity contribution in [3.8, 4) is 5.75 Å². The third kappa shape index (κ3) is 3.14. The summed E-state index contributed by atoms with van der Waals surface area (Å²) in [5.74, 6) is -0.128. The van der Waals surface area contributed by atoms with Gasteiger partial charge in [-0.3, -0.25) is 0 Å². The van der Waals surface area contributed by atoms with E-state index in [1.807, 2.05) is 0 Å². The van der Waals surface area contributed by atoms with E-state index in [9.17, 15) is 4.39 Å². The fourth-order valence-electron chi connectivity index (χ4n) is 1.10. The molecule has 0 heterocycles. The van der Waals surface area contributed by atoms with E-state index in [0.717, 1.165) is 0 Å². The van der Waals surface area contributed by atoms with Crippen molar-refractivity contribution in [3.05, 3.63) is 29.6 Å². The first-order chi connectivity index (χ1) is 7.16. The van der Waals surface area contributed by atoms with Crippen LogP contribution in [0.4, 0.5) is 4.39 Å². The third-order valence-electron chi connectivity index (χ3n) is 1.77. The normalized spacial score (nSPS) is 10.0. The molecule has 3 nitrogen and oxygen atoms in total. The van der Waals surface area contributed by atoms with Crippen LogP contribution in [0, 0.1) is 5.82 Å². The lowest BCUT2D eigenvalue weighted by Crippen LogP contribution is -2.15. The number of nitrogens with two attached hydrogens (primary N) is 1. The zero-order chi connectivity index (χ0) is 11.3. The molecular weight excluding hydrogens is 217 g/mol. The van der Waals surface area contributed by atoms with Gasteiger partial charge in [-0.05, 0) is 12.1 Å². The maximum Gasteiger partial charge on any atom is 0.137 e. The molecule has 2 N–H and O–H groups in total. The van der Waals surface area contributed by atoms with Crippen molar-refractivity contribution in [3.63, 3.8) is 0 Å². The minimum atomic E-state index is -0.475. The SMILES string of the molecule is COCCOc1cccc(F)c1C(N)=S. The number of thiocarbonyl (C=S) groups is 1. The molecule has 0 atom stereocenters. The van der Waals surface area contributed by atoms with Gasteiger partial charge in [0.05, 0.1) is 12.2 Å². The smallest absolute Gasteiger partial charge is 0.137 e. The summed E-state index contributed by atoms with van der Waals surface area (Å²) in [6.07, 6.45) is 0. The van der Waals surface area contributed by atoms with Gasteiger partial charge in [0.2, 0.25) is 0 Å². The van der Waals surface area contributed by atoms with E-state index in [1.165, 1.54) is 6.07 Å². The average molecular weight is 229 g/mol. The quantitative estimate of drug-likeness (QED) is 0.613. The standard InChI is InChI=1S/C10H12FNO2S/c1-13-5-6-14-8-4-2-3-7(11)9(8)10(12)15/h2-4H,5-6H2,1H3,(H2,12,15). The summed E-state index contributed by atoms with van der Waals surface area (Å²) in [6.45, 7) is 0.753. The average Bonchev–Trinajstić information content (AvgIpc) is 2.17. The van der Waals surface area contributed by atoms with Gasteiger partial charge in [-0.15, -0.1) is 0 Å². The van der Waals surface area contributed by atoms with Crippen molar-refractivity contribution in [2.45, 2.75) is 0 Å². The number of hydrogen-bond donors (Lipinski definition) is 1. The Morgan fingerprint density at radius 1 is 1.47 bits per heavy atom. The van der Waals surface area contributed by atoms with Crippen molar-refractivity contribution in [1.82, 2.24) is 0 Å². The van der Waals surface area contributed by atoms with Crippen LogP contribution in [0.1, 0.15) is 5.56 Å². The van der Waals surface area contributed by atoms with Crippen LogP contribution in [0.3, 0.4) is 0 Å². The Hall–Kier alpha value is -1.20. The topological polar surface area (TPSA) is 44.5 Å². The highest BCUT2D eigenvalue weighted by molar-refractivity contribution is 7.80. The molecule has 82 valence electrons. The largest absolute Gasteiger partial charge is 0.490 e. The molecule has 1 aromatic rings. The molecule has 0 aliphatic rings. The first-order valence-electron chi connectivity index (χ1n) is 4.37. The highest BCUT2D eigenvalue weighted by Gasteiger charge is 2.11. The zero-order valence-corrected chi connectivity index (χ0v) is 9.14. The molecule has 15 heavy (non-hydrogen) atoms.